The zero-order valence-corrected chi connectivity index (χ0v) is 10.0. The molecule has 0 heterocycles. The van der Waals surface area contributed by atoms with Gasteiger partial charge in [-0.2, -0.15) is 0 Å². The molecule has 0 bridgehead atoms. The fourth-order valence-electron chi connectivity index (χ4n) is 0.400. The molecule has 0 aromatic rings. The van der Waals surface area contributed by atoms with Crippen LogP contribution in [0.3, 0.4) is 0 Å². The molecule has 0 rings (SSSR count). The van der Waals surface area contributed by atoms with Crippen LogP contribution in [0.5, 0.6) is 0 Å². The van der Waals surface area contributed by atoms with Crippen LogP contribution >= 0.6 is 0 Å². The Kier molecular flexibility index (Phi) is 7.48. The summed E-state index contributed by atoms with van der Waals surface area (Å²) in [6.07, 6.45) is 0. The molecule has 0 aliphatic heterocycles. The molecule has 0 unspecified atom stereocenters. The van der Waals surface area contributed by atoms with E-state index in [-0.39, 0.29) is 51.4 Å². The maximum Gasteiger partial charge on any atom is 1.00 e. The van der Waals surface area contributed by atoms with Crippen molar-refractivity contribution in [1.82, 2.24) is 5.32 Å². The first-order chi connectivity index (χ1) is 5.86. The van der Waals surface area contributed by atoms with Gasteiger partial charge in [-0.1, -0.05) is 0 Å². The predicted octanol–water partition coefficient (Wildman–Crippen LogP) is -5.13. The van der Waals surface area contributed by atoms with Crippen molar-refractivity contribution in [3.63, 3.8) is 0 Å². The summed E-state index contributed by atoms with van der Waals surface area (Å²) in [6.45, 7) is 0. The van der Waals surface area contributed by atoms with E-state index in [4.69, 9.17) is 0 Å². The minimum absolute atomic E-state index is 0. The number of nitrogens with two attached hydrogens (primary N) is 1. The van der Waals surface area contributed by atoms with Crippen molar-refractivity contribution in [3.8, 4) is 0 Å². The largest absolute Gasteiger partial charge is 1.00 e. The molecule has 0 aromatic heterocycles. The van der Waals surface area contributed by atoms with Crippen LogP contribution in [-0.4, -0.2) is 27.6 Å². The first kappa shape index (κ1) is 15.7. The molecule has 0 saturated heterocycles. The van der Waals surface area contributed by atoms with Gasteiger partial charge in [-0.3, -0.25) is 20.2 Å². The van der Waals surface area contributed by atoms with E-state index in [1.54, 1.807) is 0 Å². The van der Waals surface area contributed by atoms with E-state index in [1.165, 1.54) is 5.32 Å². The molecule has 0 aliphatic rings. The molecule has 3 amide bonds. The van der Waals surface area contributed by atoms with E-state index in [0.29, 0.717) is 0 Å². The van der Waals surface area contributed by atoms with E-state index < -0.39 is 27.6 Å². The first-order valence-electron chi connectivity index (χ1n) is 2.62. The number of hydrogen-bond acceptors (Lipinski definition) is 6. The van der Waals surface area contributed by atoms with Gasteiger partial charge < -0.3 is 16.1 Å². The van der Waals surface area contributed by atoms with E-state index >= 15 is 0 Å². The molecule has 0 saturated carbocycles. The molecule has 3 N–H and O–H groups in total. The number of nitrogens with zero attached hydrogens (tertiary/aromatic N) is 2. The number of amidine groups is 1. The van der Waals surface area contributed by atoms with Gasteiger partial charge in [-0.05, 0) is 0 Å². The van der Waals surface area contributed by atoms with Crippen LogP contribution in [-0.2, 0) is 4.79 Å². The SMILES string of the molecule is NC(=O)NC(=O)C([N+](=O)[O-])=[N+]([O-])[O-].[K+]. The summed E-state index contributed by atoms with van der Waals surface area (Å²) < 4.78 is 0. The Labute approximate surface area is 119 Å². The van der Waals surface area contributed by atoms with E-state index in [1.807, 2.05) is 0 Å². The quantitative estimate of drug-likeness (QED) is 0.105. The molecule has 0 atom stereocenters. The van der Waals surface area contributed by atoms with Crippen molar-refractivity contribution in [2.24, 2.45) is 5.73 Å². The smallest absolute Gasteiger partial charge is 0.607 e. The third-order valence-corrected chi connectivity index (χ3v) is 0.786. The Bertz CT molecular complexity index is 295. The number of imide groups is 1. The van der Waals surface area contributed by atoms with Crippen LogP contribution in [0.4, 0.5) is 4.79 Å². The maximum atomic E-state index is 10.5. The van der Waals surface area contributed by atoms with Crippen molar-refractivity contribution >= 4 is 17.8 Å². The Morgan fingerprint density at radius 2 is 1.64 bits per heavy atom. The van der Waals surface area contributed by atoms with Gasteiger partial charge in [0.25, 0.3) is 0 Å². The number of primary amides is 1. The van der Waals surface area contributed by atoms with Gasteiger partial charge in [-0.25, -0.2) is 4.79 Å². The Morgan fingerprint density at radius 3 is 1.86 bits per heavy atom. The van der Waals surface area contributed by atoms with Gasteiger partial charge in [0.05, 0.1) is 0 Å². The van der Waals surface area contributed by atoms with Gasteiger partial charge in [0.1, 0.15) is 4.92 Å². The van der Waals surface area contributed by atoms with Crippen molar-refractivity contribution in [2.45, 2.75) is 0 Å². The average molecular weight is 230 g/mol. The van der Waals surface area contributed by atoms with Gasteiger partial charge in [0.2, 0.25) is 0 Å². The molecular weight excluding hydrogens is 227 g/mol. The van der Waals surface area contributed by atoms with Crippen LogP contribution in [0.1, 0.15) is 0 Å². The predicted molar refractivity (Wildman–Crippen MR) is 36.7 cm³/mol. The normalized spacial score (nSPS) is 8.00. The summed E-state index contributed by atoms with van der Waals surface area (Å²) in [4.78, 5) is 27.3. The Hall–Kier alpha value is -0.754. The summed E-state index contributed by atoms with van der Waals surface area (Å²) in [6, 6.07) is -1.41. The molecular formula is C3H3KN4O6. The fourth-order valence-corrected chi connectivity index (χ4v) is 0.400. The number of hydrogen-bond donors (Lipinski definition) is 2. The average Bonchev–Trinajstić information content (AvgIpc) is 1.81. The summed E-state index contributed by atoms with van der Waals surface area (Å²) in [5, 5.41) is 30.8. The molecule has 10 nitrogen and oxygen atoms in total. The zero-order valence-electron chi connectivity index (χ0n) is 6.92. The minimum Gasteiger partial charge on any atom is -0.607 e. The van der Waals surface area contributed by atoms with Crippen molar-refractivity contribution in [1.29, 1.82) is 0 Å². The second kappa shape index (κ2) is 6.66. The third-order valence-electron chi connectivity index (χ3n) is 0.786. The first-order valence-corrected chi connectivity index (χ1v) is 2.62. The maximum absolute atomic E-state index is 10.5. The summed E-state index contributed by atoms with van der Waals surface area (Å²) in [7, 11) is 0. The number of carbonyl (C=O) groups excluding carboxylic acids is 2. The number of nitrogens with one attached hydrogen (secondary N) is 1. The van der Waals surface area contributed by atoms with Crippen molar-refractivity contribution in [3.05, 3.63) is 20.5 Å². The minimum atomic E-state index is -1.86. The van der Waals surface area contributed by atoms with E-state index in [2.05, 4.69) is 5.73 Å². The van der Waals surface area contributed by atoms with Crippen LogP contribution in [0.25, 0.3) is 0 Å². The summed E-state index contributed by atoms with van der Waals surface area (Å²) >= 11 is 0. The van der Waals surface area contributed by atoms with E-state index in [9.17, 15) is 30.1 Å². The standard InChI is InChI=1S/C3H3N4O6.K/c4-3(9)5-1(8)2(6(10)11)7(12)13;/h(H3-,4,5,8,9,10,11);/q-1;+1. The van der Waals surface area contributed by atoms with Crippen molar-refractivity contribution in [2.75, 3.05) is 0 Å². The molecule has 0 aromatic carbocycles. The molecule has 0 fully saturated rings. The van der Waals surface area contributed by atoms with Crippen LogP contribution in [0.15, 0.2) is 0 Å². The fraction of sp³-hybridized carbons (Fsp3) is 0. The molecule has 0 spiro atoms. The van der Waals surface area contributed by atoms with Crippen LogP contribution < -0.4 is 62.4 Å². The van der Waals surface area contributed by atoms with Crippen LogP contribution in [0, 0.1) is 20.5 Å². The van der Waals surface area contributed by atoms with E-state index in [0.717, 1.165) is 0 Å². The van der Waals surface area contributed by atoms with Gasteiger partial charge in [-0.15, -0.1) is 4.90 Å². The second-order valence-electron chi connectivity index (χ2n) is 1.66. The number of carbonyl (C=O) groups is 2. The molecule has 11 heteroatoms. The molecule has 72 valence electrons. The monoisotopic (exact) mass is 230 g/mol. The van der Waals surface area contributed by atoms with Gasteiger partial charge in [0.15, 0.2) is 0 Å². The molecule has 0 radical (unpaired) electrons. The Balaban J connectivity index is 0. The number of rotatable bonds is 0. The number of nitro groups is 1. The van der Waals surface area contributed by atoms with Crippen molar-refractivity contribution < 1.29 is 70.8 Å². The third kappa shape index (κ3) is 5.08. The number of urea groups is 1. The zero-order chi connectivity index (χ0) is 10.6. The van der Waals surface area contributed by atoms with Gasteiger partial charge in [0, 0.05) is 0 Å². The number of amides is 3. The second-order valence-corrected chi connectivity index (χ2v) is 1.66. The molecule has 0 aliphatic carbocycles. The Morgan fingerprint density at radius 1 is 1.21 bits per heavy atom. The van der Waals surface area contributed by atoms with Gasteiger partial charge >= 0.3 is 69.2 Å². The topological polar surface area (TPSA) is 164 Å². The van der Waals surface area contributed by atoms with Crippen LogP contribution in [0.2, 0.25) is 0 Å². The molecule has 14 heavy (non-hydrogen) atoms. The summed E-state index contributed by atoms with van der Waals surface area (Å²) in [5.74, 6) is -3.62. The summed E-state index contributed by atoms with van der Waals surface area (Å²) in [5.41, 5.74) is 4.40.